The second kappa shape index (κ2) is 8.59. The lowest BCUT2D eigenvalue weighted by molar-refractivity contribution is 0.0834. The smallest absolute Gasteiger partial charge is 0.310 e. The number of nitrogens with zero attached hydrogens (tertiary/aromatic N) is 2. The molecule has 166 valence electrons. The van der Waals surface area contributed by atoms with Crippen LogP contribution in [0.4, 0.5) is 0 Å². The van der Waals surface area contributed by atoms with E-state index in [1.54, 1.807) is 0 Å². The molecular weight excluding hydrogens is 387 g/mol. The lowest BCUT2D eigenvalue weighted by Gasteiger charge is -2.46. The molecule has 2 aromatic heterocycles. The molecular formula is C24H35BN4O2. The largest absolute Gasteiger partial charge is 0.434 e. The first kappa shape index (κ1) is 21.0. The highest BCUT2D eigenvalue weighted by Crippen LogP contribution is 2.48. The molecule has 1 aliphatic heterocycles. The minimum Gasteiger partial charge on any atom is -0.434 e. The van der Waals surface area contributed by atoms with Gasteiger partial charge < -0.3 is 20.2 Å². The predicted octanol–water partition coefficient (Wildman–Crippen LogP) is 2.86. The summed E-state index contributed by atoms with van der Waals surface area (Å²) in [6, 6.07) is 2.13. The summed E-state index contributed by atoms with van der Waals surface area (Å²) in [5.74, 6) is 2.26. The number of nitrogens with one attached hydrogen (secondary N) is 2. The summed E-state index contributed by atoms with van der Waals surface area (Å²) in [5, 5.41) is 16.2. The van der Waals surface area contributed by atoms with Crippen molar-refractivity contribution in [1.82, 2.24) is 15.4 Å². The Morgan fingerprint density at radius 3 is 3.06 bits per heavy atom. The molecule has 0 spiro atoms. The molecule has 3 heterocycles. The lowest BCUT2D eigenvalue weighted by Crippen LogP contribution is -2.46. The van der Waals surface area contributed by atoms with Gasteiger partial charge in [-0.3, -0.25) is 0 Å². The van der Waals surface area contributed by atoms with E-state index < -0.39 is 0 Å². The summed E-state index contributed by atoms with van der Waals surface area (Å²) < 4.78 is 6.10. The summed E-state index contributed by atoms with van der Waals surface area (Å²) in [7, 11) is 0.559. The van der Waals surface area contributed by atoms with Gasteiger partial charge in [0.1, 0.15) is 5.65 Å². The van der Waals surface area contributed by atoms with Crippen molar-refractivity contribution in [2.75, 3.05) is 13.2 Å². The Kier molecular flexibility index (Phi) is 5.82. The molecule has 5 rings (SSSR count). The SMILES string of the molecule is CC1(C)CCOBc2cnc3[nH]ccc3c2/C(C2C(CCO)CC3CCCC2C3)=N\N1. The van der Waals surface area contributed by atoms with E-state index in [2.05, 4.69) is 35.3 Å². The number of hydrogen-bond acceptors (Lipinski definition) is 5. The molecule has 0 radical (unpaired) electrons. The molecule has 7 heteroatoms. The third-order valence-corrected chi connectivity index (χ3v) is 7.82. The van der Waals surface area contributed by atoms with E-state index in [9.17, 15) is 5.11 Å². The molecule has 2 aliphatic carbocycles. The average Bonchev–Trinajstić information content (AvgIpc) is 3.22. The molecule has 2 saturated carbocycles. The summed E-state index contributed by atoms with van der Waals surface area (Å²) in [4.78, 5) is 7.94. The number of hydrogen-bond donors (Lipinski definition) is 3. The van der Waals surface area contributed by atoms with Crippen molar-refractivity contribution in [2.24, 2.45) is 28.8 Å². The molecule has 4 unspecified atom stereocenters. The molecule has 0 saturated heterocycles. The Bertz CT molecular complexity index is 956. The van der Waals surface area contributed by atoms with Crippen molar-refractivity contribution in [3.63, 3.8) is 0 Å². The maximum Gasteiger partial charge on any atom is 0.310 e. The molecule has 4 atom stereocenters. The summed E-state index contributed by atoms with van der Waals surface area (Å²) in [5.41, 5.74) is 7.75. The Labute approximate surface area is 185 Å². The van der Waals surface area contributed by atoms with Gasteiger partial charge in [0, 0.05) is 42.5 Å². The Morgan fingerprint density at radius 1 is 1.29 bits per heavy atom. The quantitative estimate of drug-likeness (QED) is 0.665. The molecule has 0 aromatic carbocycles. The van der Waals surface area contributed by atoms with Crippen molar-refractivity contribution >= 4 is 29.7 Å². The normalized spacial score (nSPS) is 32.3. The van der Waals surface area contributed by atoms with Gasteiger partial charge in [-0.25, -0.2) is 4.98 Å². The van der Waals surface area contributed by atoms with Crippen LogP contribution >= 0.6 is 0 Å². The van der Waals surface area contributed by atoms with Gasteiger partial charge >= 0.3 is 7.48 Å². The topological polar surface area (TPSA) is 82.5 Å². The zero-order chi connectivity index (χ0) is 21.4. The molecule has 2 aromatic rings. The van der Waals surface area contributed by atoms with E-state index in [4.69, 9.17) is 9.76 Å². The van der Waals surface area contributed by atoms with Crippen molar-refractivity contribution in [3.05, 3.63) is 24.0 Å². The number of rotatable bonds is 3. The van der Waals surface area contributed by atoms with Crippen molar-refractivity contribution in [2.45, 2.75) is 64.3 Å². The van der Waals surface area contributed by atoms with Gasteiger partial charge in [-0.2, -0.15) is 5.10 Å². The van der Waals surface area contributed by atoms with E-state index in [1.165, 1.54) is 37.7 Å². The zero-order valence-electron chi connectivity index (χ0n) is 18.9. The fraction of sp³-hybridized carbons (Fsp3) is 0.667. The maximum absolute atomic E-state index is 9.91. The average molecular weight is 422 g/mol. The van der Waals surface area contributed by atoms with Crippen LogP contribution in [0.1, 0.15) is 64.4 Å². The fourth-order valence-electron chi connectivity index (χ4n) is 6.28. The van der Waals surface area contributed by atoms with Gasteiger partial charge in [-0.15, -0.1) is 0 Å². The number of aliphatic hydroxyl groups excluding tert-OH is 1. The molecule has 31 heavy (non-hydrogen) atoms. The fourth-order valence-corrected chi connectivity index (χ4v) is 6.28. The van der Waals surface area contributed by atoms with Crippen molar-refractivity contribution < 1.29 is 9.76 Å². The maximum atomic E-state index is 9.91. The van der Waals surface area contributed by atoms with E-state index in [0.29, 0.717) is 31.8 Å². The number of fused-ring (bicyclic) bond motifs is 5. The van der Waals surface area contributed by atoms with Crippen LogP contribution < -0.4 is 10.9 Å². The first-order valence-corrected chi connectivity index (χ1v) is 12.0. The van der Waals surface area contributed by atoms with Crippen LogP contribution in [0.25, 0.3) is 11.0 Å². The number of hydrazone groups is 1. The van der Waals surface area contributed by atoms with Crippen LogP contribution in [-0.2, 0) is 4.65 Å². The number of aliphatic hydroxyl groups is 1. The van der Waals surface area contributed by atoms with Crippen molar-refractivity contribution in [3.8, 4) is 0 Å². The van der Waals surface area contributed by atoms with E-state index in [-0.39, 0.29) is 12.1 Å². The van der Waals surface area contributed by atoms with Gasteiger partial charge in [0.15, 0.2) is 0 Å². The third kappa shape index (κ3) is 4.14. The highest BCUT2D eigenvalue weighted by molar-refractivity contribution is 6.50. The van der Waals surface area contributed by atoms with Gasteiger partial charge in [-0.1, -0.05) is 12.8 Å². The van der Waals surface area contributed by atoms with E-state index >= 15 is 0 Å². The molecule has 3 aliphatic rings. The Morgan fingerprint density at radius 2 is 2.19 bits per heavy atom. The molecule has 0 amide bonds. The van der Waals surface area contributed by atoms with E-state index in [1.807, 2.05) is 12.4 Å². The number of H-pyrrole nitrogens is 1. The first-order valence-electron chi connectivity index (χ1n) is 12.0. The van der Waals surface area contributed by atoms with Gasteiger partial charge in [0.25, 0.3) is 0 Å². The number of pyridine rings is 1. The van der Waals surface area contributed by atoms with Gasteiger partial charge in [0.05, 0.1) is 11.3 Å². The zero-order valence-corrected chi connectivity index (χ0v) is 18.9. The summed E-state index contributed by atoms with van der Waals surface area (Å²) in [6.45, 7) is 5.33. The second-order valence-electron chi connectivity index (χ2n) is 10.5. The second-order valence-corrected chi connectivity index (χ2v) is 10.5. The predicted molar refractivity (Wildman–Crippen MR) is 126 cm³/mol. The highest BCUT2D eigenvalue weighted by Gasteiger charge is 2.43. The molecule has 6 nitrogen and oxygen atoms in total. The van der Waals surface area contributed by atoms with Crippen LogP contribution in [-0.4, -0.2) is 47.0 Å². The summed E-state index contributed by atoms with van der Waals surface area (Å²) >= 11 is 0. The van der Waals surface area contributed by atoms with Crippen LogP contribution in [0.3, 0.4) is 0 Å². The highest BCUT2D eigenvalue weighted by atomic mass is 16.4. The minimum atomic E-state index is -0.136. The monoisotopic (exact) mass is 422 g/mol. The van der Waals surface area contributed by atoms with Gasteiger partial charge in [0.2, 0.25) is 0 Å². The lowest BCUT2D eigenvalue weighted by atomic mass is 9.59. The Balaban J connectivity index is 1.68. The third-order valence-electron chi connectivity index (χ3n) is 7.82. The van der Waals surface area contributed by atoms with Gasteiger partial charge in [-0.05, 0) is 75.2 Å². The molecule has 2 bridgehead atoms. The summed E-state index contributed by atoms with van der Waals surface area (Å²) in [6.07, 6.45) is 12.1. The van der Waals surface area contributed by atoms with Crippen LogP contribution in [0.5, 0.6) is 0 Å². The van der Waals surface area contributed by atoms with E-state index in [0.717, 1.165) is 41.0 Å². The molecule has 2 fully saturated rings. The van der Waals surface area contributed by atoms with Crippen LogP contribution in [0.2, 0.25) is 0 Å². The number of aromatic nitrogens is 2. The van der Waals surface area contributed by atoms with Crippen molar-refractivity contribution in [1.29, 1.82) is 0 Å². The number of aromatic amines is 1. The van der Waals surface area contributed by atoms with Crippen LogP contribution in [0, 0.1) is 23.7 Å². The Hall–Kier alpha value is -1.86. The first-order chi connectivity index (χ1) is 15.1. The standard InChI is InChI=1S/C24H35BN4O2/c1-24(2)8-11-31-25-19-14-27-23-18(6-9-26-23)21(19)22(28-29-24)20-16-5-3-4-15(12-16)13-17(20)7-10-30/h6,9,14-17,20,25,29-30H,3-5,7-8,10-13H2,1-2H3,(H,26,27)/b28-22-. The van der Waals surface area contributed by atoms with Crippen LogP contribution in [0.15, 0.2) is 23.6 Å². The molecule has 3 N–H and O–H groups in total. The minimum absolute atomic E-state index is 0.136.